The van der Waals surface area contributed by atoms with Crippen LogP contribution in [0.1, 0.15) is 33.6 Å². The Hall–Kier alpha value is -2.88. The maximum Gasteiger partial charge on any atom is 0.271 e. The molecule has 3 heterocycles. The molecule has 0 fully saturated rings. The van der Waals surface area contributed by atoms with Crippen LogP contribution in [0.3, 0.4) is 0 Å². The van der Waals surface area contributed by atoms with Crippen molar-refractivity contribution in [1.82, 2.24) is 30.4 Å². The number of nitrogens with zero attached hydrogens (tertiary/aromatic N) is 5. The molecule has 3 rings (SSSR count). The van der Waals surface area contributed by atoms with Gasteiger partial charge >= 0.3 is 0 Å². The first kappa shape index (κ1) is 16.0. The molecule has 10 heteroatoms. The van der Waals surface area contributed by atoms with Crippen LogP contribution in [-0.2, 0) is 6.54 Å². The first-order chi connectivity index (χ1) is 11.5. The standard InChI is InChI=1S/C14H15N7O2S/c1-7-4-8(2)17-13(16-7)20-14-19-10(6-24-14)12(22)15-5-11-18-9(3)21-23-11/h4,6H,5H2,1-3H3,(H,15,22)(H,16,17,19,20). The summed E-state index contributed by atoms with van der Waals surface area (Å²) in [6.07, 6.45) is 0. The third kappa shape index (κ3) is 3.90. The topological polar surface area (TPSA) is 119 Å². The largest absolute Gasteiger partial charge is 0.342 e. The molecule has 0 spiro atoms. The molecule has 2 N–H and O–H groups in total. The molecule has 0 atom stereocenters. The van der Waals surface area contributed by atoms with Gasteiger partial charge in [-0.25, -0.2) is 15.0 Å². The maximum atomic E-state index is 12.1. The summed E-state index contributed by atoms with van der Waals surface area (Å²) in [5.74, 6) is 0.998. The van der Waals surface area contributed by atoms with E-state index in [2.05, 4.69) is 35.7 Å². The molecule has 0 bridgehead atoms. The summed E-state index contributed by atoms with van der Waals surface area (Å²) in [6, 6.07) is 1.88. The molecule has 0 saturated carbocycles. The highest BCUT2D eigenvalue weighted by molar-refractivity contribution is 7.14. The molecule has 9 nitrogen and oxygen atoms in total. The number of carbonyl (C=O) groups is 1. The first-order valence-corrected chi connectivity index (χ1v) is 8.00. The summed E-state index contributed by atoms with van der Waals surface area (Å²) in [6.45, 7) is 5.64. The second-order valence-electron chi connectivity index (χ2n) is 5.06. The molecule has 0 aliphatic carbocycles. The monoisotopic (exact) mass is 345 g/mol. The van der Waals surface area contributed by atoms with E-state index < -0.39 is 0 Å². The van der Waals surface area contributed by atoms with Gasteiger partial charge in [-0.05, 0) is 26.8 Å². The number of thiazole rings is 1. The van der Waals surface area contributed by atoms with E-state index in [1.807, 2.05) is 19.9 Å². The maximum absolute atomic E-state index is 12.1. The SMILES string of the molecule is Cc1cc(C)nc(Nc2nc(C(=O)NCc3nc(C)no3)cs2)n1. The molecule has 124 valence electrons. The molecular weight excluding hydrogens is 330 g/mol. The van der Waals surface area contributed by atoms with Gasteiger partial charge in [0, 0.05) is 16.8 Å². The van der Waals surface area contributed by atoms with Gasteiger partial charge in [-0.2, -0.15) is 4.98 Å². The fourth-order valence-corrected chi connectivity index (χ4v) is 2.66. The van der Waals surface area contributed by atoms with Gasteiger partial charge in [-0.3, -0.25) is 4.79 Å². The van der Waals surface area contributed by atoms with Crippen LogP contribution in [0.5, 0.6) is 0 Å². The lowest BCUT2D eigenvalue weighted by molar-refractivity contribution is 0.0942. The highest BCUT2D eigenvalue weighted by Gasteiger charge is 2.13. The molecule has 24 heavy (non-hydrogen) atoms. The molecule has 0 saturated heterocycles. The first-order valence-electron chi connectivity index (χ1n) is 7.12. The summed E-state index contributed by atoms with van der Waals surface area (Å²) in [5.41, 5.74) is 2.01. The predicted molar refractivity (Wildman–Crippen MR) is 87.1 cm³/mol. The van der Waals surface area contributed by atoms with Crippen molar-refractivity contribution in [1.29, 1.82) is 0 Å². The van der Waals surface area contributed by atoms with Gasteiger partial charge in [0.2, 0.25) is 11.8 Å². The van der Waals surface area contributed by atoms with Gasteiger partial charge in [0.25, 0.3) is 5.91 Å². The number of anilines is 2. The number of aromatic nitrogens is 5. The van der Waals surface area contributed by atoms with Crippen molar-refractivity contribution < 1.29 is 9.32 Å². The Kier molecular flexibility index (Phi) is 4.47. The number of hydrogen-bond acceptors (Lipinski definition) is 9. The Morgan fingerprint density at radius 1 is 1.17 bits per heavy atom. The molecule has 3 aromatic heterocycles. The van der Waals surface area contributed by atoms with Crippen molar-refractivity contribution in [2.75, 3.05) is 5.32 Å². The number of aryl methyl sites for hydroxylation is 3. The van der Waals surface area contributed by atoms with Crippen molar-refractivity contribution in [2.45, 2.75) is 27.3 Å². The predicted octanol–water partition coefficient (Wildman–Crippen LogP) is 1.91. The Balaban J connectivity index is 1.63. The van der Waals surface area contributed by atoms with Crippen molar-refractivity contribution in [3.05, 3.63) is 40.2 Å². The van der Waals surface area contributed by atoms with E-state index in [9.17, 15) is 4.79 Å². The van der Waals surface area contributed by atoms with E-state index in [1.54, 1.807) is 12.3 Å². The summed E-state index contributed by atoms with van der Waals surface area (Å²) >= 11 is 1.30. The van der Waals surface area contributed by atoms with Crippen LogP contribution in [-0.4, -0.2) is 31.0 Å². The Bertz CT molecular complexity index is 853. The molecule has 0 radical (unpaired) electrons. The van der Waals surface area contributed by atoms with Crippen molar-refractivity contribution >= 4 is 28.3 Å². The lowest BCUT2D eigenvalue weighted by atomic mass is 10.4. The second kappa shape index (κ2) is 6.71. The number of nitrogens with one attached hydrogen (secondary N) is 2. The Labute approximate surface area is 141 Å². The van der Waals surface area contributed by atoms with Gasteiger partial charge in [0.15, 0.2) is 11.0 Å². The quantitative estimate of drug-likeness (QED) is 0.720. The summed E-state index contributed by atoms with van der Waals surface area (Å²) in [5, 5.41) is 11.5. The second-order valence-corrected chi connectivity index (χ2v) is 5.91. The number of rotatable bonds is 5. The lowest BCUT2D eigenvalue weighted by Crippen LogP contribution is -2.23. The van der Waals surface area contributed by atoms with Crippen LogP contribution in [0.25, 0.3) is 0 Å². The lowest BCUT2D eigenvalue weighted by Gasteiger charge is -2.03. The van der Waals surface area contributed by atoms with Gasteiger partial charge in [0.1, 0.15) is 5.69 Å². The average molecular weight is 345 g/mol. The van der Waals surface area contributed by atoms with Gasteiger partial charge in [0.05, 0.1) is 6.54 Å². The average Bonchev–Trinajstić information content (AvgIpc) is 3.13. The molecule has 0 aliphatic heterocycles. The highest BCUT2D eigenvalue weighted by Crippen LogP contribution is 2.19. The summed E-state index contributed by atoms with van der Waals surface area (Å²) < 4.78 is 4.93. The van der Waals surface area contributed by atoms with Gasteiger partial charge in [-0.15, -0.1) is 11.3 Å². The number of amides is 1. The zero-order chi connectivity index (χ0) is 17.1. The van der Waals surface area contributed by atoms with Crippen LogP contribution in [0.4, 0.5) is 11.1 Å². The highest BCUT2D eigenvalue weighted by atomic mass is 32.1. The van der Waals surface area contributed by atoms with E-state index in [0.29, 0.717) is 28.5 Å². The zero-order valence-electron chi connectivity index (χ0n) is 13.3. The van der Waals surface area contributed by atoms with Crippen LogP contribution in [0.2, 0.25) is 0 Å². The van der Waals surface area contributed by atoms with Crippen molar-refractivity contribution in [3.63, 3.8) is 0 Å². The number of hydrogen-bond donors (Lipinski definition) is 2. The third-order valence-electron chi connectivity index (χ3n) is 2.91. The molecule has 3 aromatic rings. The molecule has 0 unspecified atom stereocenters. The van der Waals surface area contributed by atoms with Gasteiger partial charge < -0.3 is 15.2 Å². The summed E-state index contributed by atoms with van der Waals surface area (Å²) in [4.78, 5) is 28.9. The minimum absolute atomic E-state index is 0.153. The molecular formula is C14H15N7O2S. The Morgan fingerprint density at radius 2 is 1.92 bits per heavy atom. The summed E-state index contributed by atoms with van der Waals surface area (Å²) in [7, 11) is 0. The van der Waals surface area contributed by atoms with E-state index >= 15 is 0 Å². The zero-order valence-corrected chi connectivity index (χ0v) is 14.1. The van der Waals surface area contributed by atoms with Crippen LogP contribution in [0.15, 0.2) is 16.0 Å². The van der Waals surface area contributed by atoms with E-state index in [1.165, 1.54) is 11.3 Å². The number of carbonyl (C=O) groups excluding carboxylic acids is 1. The van der Waals surface area contributed by atoms with Crippen molar-refractivity contribution in [2.24, 2.45) is 0 Å². The van der Waals surface area contributed by atoms with Crippen molar-refractivity contribution in [3.8, 4) is 0 Å². The minimum atomic E-state index is -0.323. The molecule has 1 amide bonds. The minimum Gasteiger partial charge on any atom is -0.342 e. The van der Waals surface area contributed by atoms with Crippen LogP contribution in [0, 0.1) is 20.8 Å². The smallest absolute Gasteiger partial charge is 0.271 e. The fourth-order valence-electron chi connectivity index (χ4n) is 1.97. The van der Waals surface area contributed by atoms with E-state index in [4.69, 9.17) is 4.52 Å². The molecule has 0 aliphatic rings. The van der Waals surface area contributed by atoms with Crippen LogP contribution >= 0.6 is 11.3 Å². The Morgan fingerprint density at radius 3 is 2.58 bits per heavy atom. The van der Waals surface area contributed by atoms with Gasteiger partial charge in [-0.1, -0.05) is 5.16 Å². The normalized spacial score (nSPS) is 10.6. The fraction of sp³-hybridized carbons (Fsp3) is 0.286. The van der Waals surface area contributed by atoms with E-state index in [0.717, 1.165) is 11.4 Å². The van der Waals surface area contributed by atoms with Crippen LogP contribution < -0.4 is 10.6 Å². The molecule has 0 aromatic carbocycles. The third-order valence-corrected chi connectivity index (χ3v) is 3.67. The van der Waals surface area contributed by atoms with E-state index in [-0.39, 0.29) is 12.5 Å².